The van der Waals surface area contributed by atoms with Gasteiger partial charge in [0.15, 0.2) is 9.84 Å². The number of rotatable bonds is 4. The first-order valence-electron chi connectivity index (χ1n) is 6.59. The Kier molecular flexibility index (Phi) is 5.08. The highest BCUT2D eigenvalue weighted by Gasteiger charge is 2.32. The average molecular weight is 310 g/mol. The van der Waals surface area contributed by atoms with Gasteiger partial charge in [-0.2, -0.15) is 17.0 Å². The van der Waals surface area contributed by atoms with E-state index in [0.717, 1.165) is 17.9 Å². The van der Waals surface area contributed by atoms with Crippen LogP contribution in [-0.4, -0.2) is 42.5 Å². The van der Waals surface area contributed by atoms with Crippen LogP contribution in [-0.2, 0) is 16.4 Å². The molecule has 1 aromatic carbocycles. The van der Waals surface area contributed by atoms with Crippen molar-refractivity contribution in [2.75, 3.05) is 23.8 Å². The molecule has 0 saturated carbocycles. The third-order valence-electron chi connectivity index (χ3n) is 3.48. The van der Waals surface area contributed by atoms with E-state index >= 15 is 0 Å². The van der Waals surface area contributed by atoms with Crippen LogP contribution in [0.1, 0.15) is 18.1 Å². The standard InChI is InChI=1S/C14H18N2O2S2/c1-2-20(17,18)14-11-19-8-7-16(14)10-13-5-3-12(9-15)4-6-13/h3-6,14H,2,7-8,10-11H2,1H3. The van der Waals surface area contributed by atoms with Crippen LogP contribution in [0.15, 0.2) is 24.3 Å². The molecule has 1 heterocycles. The van der Waals surface area contributed by atoms with Crippen molar-refractivity contribution in [1.82, 2.24) is 4.90 Å². The average Bonchev–Trinajstić information content (AvgIpc) is 2.48. The Labute approximate surface area is 124 Å². The van der Waals surface area contributed by atoms with Crippen LogP contribution in [0.3, 0.4) is 0 Å². The third-order valence-corrected chi connectivity index (χ3v) is 6.81. The van der Waals surface area contributed by atoms with Gasteiger partial charge in [0.1, 0.15) is 5.37 Å². The topological polar surface area (TPSA) is 61.2 Å². The lowest BCUT2D eigenvalue weighted by molar-refractivity contribution is 0.261. The highest BCUT2D eigenvalue weighted by molar-refractivity contribution is 8.01. The van der Waals surface area contributed by atoms with Gasteiger partial charge in [-0.3, -0.25) is 4.90 Å². The largest absolute Gasteiger partial charge is 0.281 e. The fraction of sp³-hybridized carbons (Fsp3) is 0.500. The molecule has 2 rings (SSSR count). The molecule has 0 N–H and O–H groups in total. The molecule has 0 bridgehead atoms. The third kappa shape index (κ3) is 3.54. The number of sulfone groups is 1. The van der Waals surface area contributed by atoms with Crippen molar-refractivity contribution in [3.8, 4) is 6.07 Å². The molecule has 108 valence electrons. The van der Waals surface area contributed by atoms with E-state index in [-0.39, 0.29) is 11.1 Å². The molecular weight excluding hydrogens is 292 g/mol. The molecule has 1 fully saturated rings. The summed E-state index contributed by atoms with van der Waals surface area (Å²) in [6, 6.07) is 9.43. The summed E-state index contributed by atoms with van der Waals surface area (Å²) in [4.78, 5) is 2.04. The highest BCUT2D eigenvalue weighted by Crippen LogP contribution is 2.23. The first-order chi connectivity index (χ1) is 9.56. The lowest BCUT2D eigenvalue weighted by Crippen LogP contribution is -2.47. The quantitative estimate of drug-likeness (QED) is 0.849. The van der Waals surface area contributed by atoms with Crippen molar-refractivity contribution in [3.63, 3.8) is 0 Å². The lowest BCUT2D eigenvalue weighted by atomic mass is 10.1. The second-order valence-electron chi connectivity index (χ2n) is 4.76. The zero-order valence-corrected chi connectivity index (χ0v) is 13.1. The van der Waals surface area contributed by atoms with Crippen LogP contribution in [0.25, 0.3) is 0 Å². The van der Waals surface area contributed by atoms with E-state index in [2.05, 4.69) is 6.07 Å². The first kappa shape index (κ1) is 15.4. The zero-order valence-electron chi connectivity index (χ0n) is 11.4. The van der Waals surface area contributed by atoms with Gasteiger partial charge in [-0.1, -0.05) is 19.1 Å². The van der Waals surface area contributed by atoms with Crippen LogP contribution in [0.2, 0.25) is 0 Å². The van der Waals surface area contributed by atoms with Crippen molar-refractivity contribution in [1.29, 1.82) is 5.26 Å². The maximum Gasteiger partial charge on any atom is 0.166 e. The van der Waals surface area contributed by atoms with Crippen molar-refractivity contribution in [2.45, 2.75) is 18.8 Å². The Balaban J connectivity index is 2.14. The molecule has 0 aliphatic carbocycles. The molecule has 1 atom stereocenters. The zero-order chi connectivity index (χ0) is 14.6. The molecule has 0 amide bonds. The summed E-state index contributed by atoms with van der Waals surface area (Å²) < 4.78 is 24.3. The summed E-state index contributed by atoms with van der Waals surface area (Å²) in [5, 5.41) is 8.40. The molecule has 1 unspecified atom stereocenters. The summed E-state index contributed by atoms with van der Waals surface area (Å²) in [5.74, 6) is 1.79. The van der Waals surface area contributed by atoms with Gasteiger partial charge in [-0.15, -0.1) is 0 Å². The van der Waals surface area contributed by atoms with E-state index in [0.29, 0.717) is 17.9 Å². The number of hydrogen-bond donors (Lipinski definition) is 0. The smallest absolute Gasteiger partial charge is 0.166 e. The minimum Gasteiger partial charge on any atom is -0.281 e. The molecule has 6 heteroatoms. The van der Waals surface area contributed by atoms with E-state index in [1.165, 1.54) is 0 Å². The fourth-order valence-corrected chi connectivity index (χ4v) is 5.32. The summed E-state index contributed by atoms with van der Waals surface area (Å²) >= 11 is 1.70. The fourth-order valence-electron chi connectivity index (χ4n) is 2.24. The molecule has 0 radical (unpaired) electrons. The minimum absolute atomic E-state index is 0.183. The Morgan fingerprint density at radius 3 is 2.70 bits per heavy atom. The van der Waals surface area contributed by atoms with Gasteiger partial charge in [0.2, 0.25) is 0 Å². The second-order valence-corrected chi connectivity index (χ2v) is 8.36. The summed E-state index contributed by atoms with van der Waals surface area (Å²) in [6.07, 6.45) is 0. The van der Waals surface area contributed by atoms with Gasteiger partial charge in [-0.25, -0.2) is 8.42 Å². The van der Waals surface area contributed by atoms with E-state index in [9.17, 15) is 8.42 Å². The van der Waals surface area contributed by atoms with Gasteiger partial charge in [0.05, 0.1) is 11.6 Å². The molecule has 1 aliphatic rings. The lowest BCUT2D eigenvalue weighted by Gasteiger charge is -2.34. The van der Waals surface area contributed by atoms with Crippen molar-refractivity contribution < 1.29 is 8.42 Å². The molecule has 0 aromatic heterocycles. The van der Waals surface area contributed by atoms with Crippen LogP contribution >= 0.6 is 11.8 Å². The van der Waals surface area contributed by atoms with Crippen LogP contribution in [0.5, 0.6) is 0 Å². The predicted octanol–water partition coefficient (Wildman–Crippen LogP) is 1.87. The van der Waals surface area contributed by atoms with Crippen molar-refractivity contribution in [3.05, 3.63) is 35.4 Å². The maximum absolute atomic E-state index is 12.2. The van der Waals surface area contributed by atoms with Crippen LogP contribution < -0.4 is 0 Å². The number of benzene rings is 1. The SMILES string of the molecule is CCS(=O)(=O)C1CSCCN1Cc1ccc(C#N)cc1. The summed E-state index contributed by atoms with van der Waals surface area (Å²) in [5.41, 5.74) is 1.67. The summed E-state index contributed by atoms with van der Waals surface area (Å²) in [6.45, 7) is 3.11. The Morgan fingerprint density at radius 1 is 1.40 bits per heavy atom. The van der Waals surface area contributed by atoms with E-state index < -0.39 is 9.84 Å². The summed E-state index contributed by atoms with van der Waals surface area (Å²) in [7, 11) is -3.05. The van der Waals surface area contributed by atoms with Gasteiger partial charge >= 0.3 is 0 Å². The van der Waals surface area contributed by atoms with Gasteiger partial charge in [0.25, 0.3) is 0 Å². The monoisotopic (exact) mass is 310 g/mol. The van der Waals surface area contributed by atoms with Crippen LogP contribution in [0.4, 0.5) is 0 Å². The normalized spacial score (nSPS) is 20.5. The first-order valence-corrected chi connectivity index (χ1v) is 9.46. The molecule has 1 saturated heterocycles. The number of nitriles is 1. The second kappa shape index (κ2) is 6.61. The van der Waals surface area contributed by atoms with E-state index in [1.807, 2.05) is 17.0 Å². The Hall–Kier alpha value is -1.03. The van der Waals surface area contributed by atoms with Gasteiger partial charge in [0, 0.05) is 30.3 Å². The number of thioether (sulfide) groups is 1. The predicted molar refractivity (Wildman–Crippen MR) is 82.1 cm³/mol. The number of nitrogens with zero attached hydrogens (tertiary/aromatic N) is 2. The molecule has 1 aromatic rings. The minimum atomic E-state index is -3.05. The highest BCUT2D eigenvalue weighted by atomic mass is 32.2. The van der Waals surface area contributed by atoms with Crippen molar-refractivity contribution in [2.24, 2.45) is 0 Å². The molecule has 20 heavy (non-hydrogen) atoms. The van der Waals surface area contributed by atoms with E-state index in [1.54, 1.807) is 30.8 Å². The molecular formula is C14H18N2O2S2. The molecule has 1 aliphatic heterocycles. The maximum atomic E-state index is 12.2. The van der Waals surface area contributed by atoms with E-state index in [4.69, 9.17) is 5.26 Å². The van der Waals surface area contributed by atoms with Gasteiger partial charge < -0.3 is 0 Å². The van der Waals surface area contributed by atoms with Gasteiger partial charge in [-0.05, 0) is 17.7 Å². The van der Waals surface area contributed by atoms with Crippen molar-refractivity contribution >= 4 is 21.6 Å². The molecule has 4 nitrogen and oxygen atoms in total. The Bertz CT molecular complexity index is 591. The Morgan fingerprint density at radius 2 is 2.10 bits per heavy atom. The molecule has 0 spiro atoms. The van der Waals surface area contributed by atoms with Crippen LogP contribution in [0, 0.1) is 11.3 Å². The number of hydrogen-bond acceptors (Lipinski definition) is 5.